The van der Waals surface area contributed by atoms with E-state index in [0.717, 1.165) is 18.8 Å². The Hall–Kier alpha value is -1.61. The lowest BCUT2D eigenvalue weighted by Crippen LogP contribution is -2.20. The van der Waals surface area contributed by atoms with E-state index in [9.17, 15) is 0 Å². The number of aromatic nitrogens is 2. The van der Waals surface area contributed by atoms with Gasteiger partial charge < -0.3 is 10.3 Å². The highest BCUT2D eigenvalue weighted by atomic mass is 15.1. The first kappa shape index (κ1) is 12.8. The van der Waals surface area contributed by atoms with Gasteiger partial charge in [0.2, 0.25) is 0 Å². The van der Waals surface area contributed by atoms with E-state index < -0.39 is 0 Å². The van der Waals surface area contributed by atoms with Crippen molar-refractivity contribution < 1.29 is 0 Å². The molecule has 0 bridgehead atoms. The molecule has 1 aromatic heterocycles. The van der Waals surface area contributed by atoms with Crippen LogP contribution in [0.4, 0.5) is 0 Å². The zero-order valence-corrected chi connectivity index (χ0v) is 11.4. The standard InChI is InChI=1S/C15H21N3/c1-4-9-18-10-8-17-15(18)14(16)13-11(2)6-5-7-12(13)3/h5-8,10,14H,4,9,16H2,1-3H3. The molecule has 2 N–H and O–H groups in total. The molecular weight excluding hydrogens is 222 g/mol. The summed E-state index contributed by atoms with van der Waals surface area (Å²) in [7, 11) is 0. The van der Waals surface area contributed by atoms with Crippen molar-refractivity contribution in [3.8, 4) is 0 Å². The van der Waals surface area contributed by atoms with Gasteiger partial charge >= 0.3 is 0 Å². The maximum absolute atomic E-state index is 6.41. The third-order valence-corrected chi connectivity index (χ3v) is 3.34. The monoisotopic (exact) mass is 243 g/mol. The molecule has 3 heteroatoms. The zero-order valence-electron chi connectivity index (χ0n) is 11.4. The van der Waals surface area contributed by atoms with Crippen molar-refractivity contribution in [3.05, 3.63) is 53.1 Å². The molecule has 0 amide bonds. The van der Waals surface area contributed by atoms with Crippen LogP contribution in [0.3, 0.4) is 0 Å². The van der Waals surface area contributed by atoms with Gasteiger partial charge in [-0.05, 0) is 37.0 Å². The average molecular weight is 243 g/mol. The molecule has 1 heterocycles. The number of rotatable bonds is 4. The van der Waals surface area contributed by atoms with Gasteiger partial charge in [-0.15, -0.1) is 0 Å². The zero-order chi connectivity index (χ0) is 13.1. The summed E-state index contributed by atoms with van der Waals surface area (Å²) in [4.78, 5) is 4.43. The minimum atomic E-state index is -0.146. The number of nitrogens with zero attached hydrogens (tertiary/aromatic N) is 2. The molecule has 0 radical (unpaired) electrons. The summed E-state index contributed by atoms with van der Waals surface area (Å²) >= 11 is 0. The molecule has 2 rings (SSSR count). The summed E-state index contributed by atoms with van der Waals surface area (Å²) in [5, 5.41) is 0. The predicted octanol–water partition coefficient (Wildman–Crippen LogP) is 2.96. The van der Waals surface area contributed by atoms with Gasteiger partial charge in [0.05, 0.1) is 6.04 Å². The Bertz CT molecular complexity index is 508. The van der Waals surface area contributed by atoms with Crippen LogP contribution in [0.1, 0.15) is 41.9 Å². The fourth-order valence-electron chi connectivity index (χ4n) is 2.48. The quantitative estimate of drug-likeness (QED) is 0.897. The molecule has 1 unspecified atom stereocenters. The van der Waals surface area contributed by atoms with E-state index in [4.69, 9.17) is 5.73 Å². The Morgan fingerprint density at radius 3 is 2.56 bits per heavy atom. The molecule has 1 atom stereocenters. The molecule has 0 aliphatic rings. The highest BCUT2D eigenvalue weighted by molar-refractivity contribution is 5.38. The van der Waals surface area contributed by atoms with Crippen LogP contribution < -0.4 is 5.73 Å². The van der Waals surface area contributed by atoms with Crippen LogP contribution in [0.2, 0.25) is 0 Å². The summed E-state index contributed by atoms with van der Waals surface area (Å²) < 4.78 is 2.15. The number of hydrogen-bond acceptors (Lipinski definition) is 2. The van der Waals surface area contributed by atoms with E-state index >= 15 is 0 Å². The molecule has 2 aromatic rings. The Labute approximate surface area is 109 Å². The molecule has 3 nitrogen and oxygen atoms in total. The van der Waals surface area contributed by atoms with Gasteiger partial charge in [0.1, 0.15) is 5.82 Å². The fraction of sp³-hybridized carbons (Fsp3) is 0.400. The van der Waals surface area contributed by atoms with Crippen molar-refractivity contribution in [2.24, 2.45) is 5.73 Å². The first-order valence-electron chi connectivity index (χ1n) is 6.47. The van der Waals surface area contributed by atoms with Gasteiger partial charge in [0, 0.05) is 18.9 Å². The first-order valence-corrected chi connectivity index (χ1v) is 6.47. The van der Waals surface area contributed by atoms with E-state index in [-0.39, 0.29) is 6.04 Å². The van der Waals surface area contributed by atoms with Gasteiger partial charge in [0.15, 0.2) is 0 Å². The smallest absolute Gasteiger partial charge is 0.130 e. The second-order valence-corrected chi connectivity index (χ2v) is 4.76. The molecule has 0 aliphatic heterocycles. The van der Waals surface area contributed by atoms with Crippen molar-refractivity contribution in [1.29, 1.82) is 0 Å². The van der Waals surface area contributed by atoms with Crippen LogP contribution in [0.25, 0.3) is 0 Å². The van der Waals surface area contributed by atoms with E-state index in [1.54, 1.807) is 0 Å². The van der Waals surface area contributed by atoms with Gasteiger partial charge in [-0.1, -0.05) is 25.1 Å². The van der Waals surface area contributed by atoms with Crippen molar-refractivity contribution in [3.63, 3.8) is 0 Å². The Morgan fingerprint density at radius 2 is 1.94 bits per heavy atom. The van der Waals surface area contributed by atoms with Gasteiger partial charge in [-0.25, -0.2) is 4.98 Å². The van der Waals surface area contributed by atoms with Crippen LogP contribution in [-0.2, 0) is 6.54 Å². The average Bonchev–Trinajstić information content (AvgIpc) is 2.77. The Morgan fingerprint density at radius 1 is 1.28 bits per heavy atom. The number of nitrogens with two attached hydrogens (primary N) is 1. The maximum Gasteiger partial charge on any atom is 0.130 e. The highest BCUT2D eigenvalue weighted by Crippen LogP contribution is 2.24. The number of benzene rings is 1. The SMILES string of the molecule is CCCn1ccnc1C(N)c1c(C)cccc1C. The largest absolute Gasteiger partial charge is 0.333 e. The van der Waals surface area contributed by atoms with Crippen LogP contribution in [-0.4, -0.2) is 9.55 Å². The van der Waals surface area contributed by atoms with Crippen LogP contribution >= 0.6 is 0 Å². The summed E-state index contributed by atoms with van der Waals surface area (Å²) in [6.07, 6.45) is 4.92. The molecule has 18 heavy (non-hydrogen) atoms. The predicted molar refractivity (Wildman–Crippen MR) is 74.5 cm³/mol. The lowest BCUT2D eigenvalue weighted by Gasteiger charge is -2.18. The lowest BCUT2D eigenvalue weighted by molar-refractivity contribution is 0.611. The van der Waals surface area contributed by atoms with E-state index in [1.807, 2.05) is 12.4 Å². The Kier molecular flexibility index (Phi) is 3.82. The summed E-state index contributed by atoms with van der Waals surface area (Å²) in [5.41, 5.74) is 10.1. The number of imidazole rings is 1. The topological polar surface area (TPSA) is 43.8 Å². The van der Waals surface area contributed by atoms with Crippen LogP contribution in [0.15, 0.2) is 30.6 Å². The minimum absolute atomic E-state index is 0.146. The third kappa shape index (κ3) is 2.31. The molecule has 0 saturated carbocycles. The molecule has 0 saturated heterocycles. The number of aryl methyl sites for hydroxylation is 3. The van der Waals surface area contributed by atoms with Gasteiger partial charge in [0.25, 0.3) is 0 Å². The molecule has 0 aliphatic carbocycles. The van der Waals surface area contributed by atoms with Crippen molar-refractivity contribution in [2.75, 3.05) is 0 Å². The third-order valence-electron chi connectivity index (χ3n) is 3.34. The van der Waals surface area contributed by atoms with E-state index in [0.29, 0.717) is 0 Å². The van der Waals surface area contributed by atoms with Gasteiger partial charge in [-0.2, -0.15) is 0 Å². The maximum atomic E-state index is 6.41. The summed E-state index contributed by atoms with van der Waals surface area (Å²) in [5.74, 6) is 0.953. The number of hydrogen-bond donors (Lipinski definition) is 1. The van der Waals surface area contributed by atoms with Gasteiger partial charge in [-0.3, -0.25) is 0 Å². The van der Waals surface area contributed by atoms with E-state index in [2.05, 4.69) is 48.5 Å². The fourth-order valence-corrected chi connectivity index (χ4v) is 2.48. The first-order chi connectivity index (χ1) is 8.65. The summed E-state index contributed by atoms with van der Waals surface area (Å²) in [6, 6.07) is 6.14. The molecular formula is C15H21N3. The van der Waals surface area contributed by atoms with E-state index in [1.165, 1.54) is 16.7 Å². The molecule has 0 fully saturated rings. The van der Waals surface area contributed by atoms with Crippen LogP contribution in [0, 0.1) is 13.8 Å². The van der Waals surface area contributed by atoms with Crippen molar-refractivity contribution in [2.45, 2.75) is 39.8 Å². The molecule has 1 aromatic carbocycles. The summed E-state index contributed by atoms with van der Waals surface area (Å²) in [6.45, 7) is 7.34. The second-order valence-electron chi connectivity index (χ2n) is 4.76. The minimum Gasteiger partial charge on any atom is -0.333 e. The molecule has 96 valence electrons. The second kappa shape index (κ2) is 5.36. The lowest BCUT2D eigenvalue weighted by atomic mass is 9.96. The van der Waals surface area contributed by atoms with Crippen molar-refractivity contribution in [1.82, 2.24) is 9.55 Å². The molecule has 0 spiro atoms. The Balaban J connectivity index is 2.41. The highest BCUT2D eigenvalue weighted by Gasteiger charge is 2.18. The normalized spacial score (nSPS) is 12.7. The van der Waals surface area contributed by atoms with Crippen LogP contribution in [0.5, 0.6) is 0 Å². The van der Waals surface area contributed by atoms with Crippen molar-refractivity contribution >= 4 is 0 Å².